The maximum atomic E-state index is 11.6. The number of aromatic nitrogens is 1. The van der Waals surface area contributed by atoms with Gasteiger partial charge in [-0.1, -0.05) is 0 Å². The SMILES string of the molecule is CC(C)(C)OC(=O)CSCc1nc2ccc(N)cc2o1. The highest BCUT2D eigenvalue weighted by atomic mass is 32.2. The number of hydrogen-bond donors (Lipinski definition) is 1. The van der Waals surface area contributed by atoms with Gasteiger partial charge in [0.05, 0.1) is 11.5 Å². The van der Waals surface area contributed by atoms with Crippen molar-refractivity contribution < 1.29 is 13.9 Å². The Balaban J connectivity index is 1.88. The van der Waals surface area contributed by atoms with E-state index in [-0.39, 0.29) is 11.7 Å². The van der Waals surface area contributed by atoms with E-state index in [0.717, 1.165) is 5.52 Å². The van der Waals surface area contributed by atoms with E-state index >= 15 is 0 Å². The fourth-order valence-electron chi connectivity index (χ4n) is 1.64. The first-order valence-corrected chi connectivity index (χ1v) is 7.43. The van der Waals surface area contributed by atoms with Crippen LogP contribution in [0.15, 0.2) is 22.6 Å². The molecular weight excluding hydrogens is 276 g/mol. The lowest BCUT2D eigenvalue weighted by Crippen LogP contribution is -2.24. The van der Waals surface area contributed by atoms with Crippen LogP contribution < -0.4 is 5.73 Å². The molecule has 0 spiro atoms. The molecule has 20 heavy (non-hydrogen) atoms. The van der Waals surface area contributed by atoms with Crippen LogP contribution in [0, 0.1) is 0 Å². The second kappa shape index (κ2) is 5.75. The lowest BCUT2D eigenvalue weighted by molar-refractivity contribution is -0.151. The Morgan fingerprint density at radius 1 is 1.45 bits per heavy atom. The van der Waals surface area contributed by atoms with E-state index in [0.29, 0.717) is 22.9 Å². The Morgan fingerprint density at radius 3 is 2.90 bits per heavy atom. The zero-order valence-corrected chi connectivity index (χ0v) is 12.6. The molecule has 5 nitrogen and oxygen atoms in total. The lowest BCUT2D eigenvalue weighted by atomic mass is 10.2. The van der Waals surface area contributed by atoms with Crippen molar-refractivity contribution in [3.05, 3.63) is 24.1 Å². The number of nitrogen functional groups attached to an aromatic ring is 1. The highest BCUT2D eigenvalue weighted by Crippen LogP contribution is 2.21. The summed E-state index contributed by atoms with van der Waals surface area (Å²) in [4.78, 5) is 15.9. The van der Waals surface area contributed by atoms with Crippen LogP contribution in [0.3, 0.4) is 0 Å². The molecule has 0 saturated carbocycles. The Morgan fingerprint density at radius 2 is 2.20 bits per heavy atom. The minimum Gasteiger partial charge on any atom is -0.459 e. The van der Waals surface area contributed by atoms with Crippen molar-refractivity contribution in [2.45, 2.75) is 32.1 Å². The summed E-state index contributed by atoms with van der Waals surface area (Å²) in [5, 5.41) is 0. The molecule has 0 aliphatic heterocycles. The van der Waals surface area contributed by atoms with Crippen LogP contribution in [0.2, 0.25) is 0 Å². The fourth-order valence-corrected chi connectivity index (χ4v) is 2.27. The molecule has 0 unspecified atom stereocenters. The highest BCUT2D eigenvalue weighted by molar-refractivity contribution is 7.99. The monoisotopic (exact) mass is 294 g/mol. The molecule has 2 aromatic rings. The molecule has 0 radical (unpaired) electrons. The van der Waals surface area contributed by atoms with Gasteiger partial charge in [0.2, 0.25) is 5.89 Å². The number of hydrogen-bond acceptors (Lipinski definition) is 6. The van der Waals surface area contributed by atoms with Gasteiger partial charge in [0.15, 0.2) is 5.58 Å². The summed E-state index contributed by atoms with van der Waals surface area (Å²) >= 11 is 1.41. The average molecular weight is 294 g/mol. The van der Waals surface area contributed by atoms with Gasteiger partial charge in [0.25, 0.3) is 0 Å². The molecule has 1 aromatic heterocycles. The second-order valence-electron chi connectivity index (χ2n) is 5.41. The topological polar surface area (TPSA) is 78.3 Å². The third-order valence-electron chi connectivity index (χ3n) is 2.32. The van der Waals surface area contributed by atoms with Crippen molar-refractivity contribution in [3.63, 3.8) is 0 Å². The molecule has 0 bridgehead atoms. The van der Waals surface area contributed by atoms with Crippen molar-refractivity contribution in [3.8, 4) is 0 Å². The fraction of sp³-hybridized carbons (Fsp3) is 0.429. The molecule has 2 rings (SSSR count). The zero-order chi connectivity index (χ0) is 14.8. The van der Waals surface area contributed by atoms with Crippen LogP contribution in [0.25, 0.3) is 11.1 Å². The maximum Gasteiger partial charge on any atom is 0.316 e. The number of rotatable bonds is 4. The quantitative estimate of drug-likeness (QED) is 0.690. The Bertz CT molecular complexity index is 616. The van der Waals surface area contributed by atoms with E-state index in [9.17, 15) is 4.79 Å². The van der Waals surface area contributed by atoms with Gasteiger partial charge in [-0.15, -0.1) is 11.8 Å². The number of carbonyl (C=O) groups is 1. The predicted molar refractivity (Wildman–Crippen MR) is 80.4 cm³/mol. The van der Waals surface area contributed by atoms with E-state index in [4.69, 9.17) is 14.9 Å². The molecule has 0 saturated heterocycles. The van der Waals surface area contributed by atoms with Gasteiger partial charge in [-0.25, -0.2) is 4.98 Å². The van der Waals surface area contributed by atoms with Crippen LogP contribution in [0.1, 0.15) is 26.7 Å². The van der Waals surface area contributed by atoms with Gasteiger partial charge >= 0.3 is 5.97 Å². The first kappa shape index (κ1) is 14.7. The van der Waals surface area contributed by atoms with Crippen molar-refractivity contribution in [2.24, 2.45) is 0 Å². The minimum absolute atomic E-state index is 0.233. The number of fused-ring (bicyclic) bond motifs is 1. The van der Waals surface area contributed by atoms with Crippen LogP contribution in [0.5, 0.6) is 0 Å². The number of anilines is 1. The van der Waals surface area contributed by atoms with Crippen molar-refractivity contribution in [2.75, 3.05) is 11.5 Å². The number of nitrogens with two attached hydrogens (primary N) is 1. The normalized spacial score (nSPS) is 11.8. The molecule has 0 fully saturated rings. The molecule has 1 heterocycles. The second-order valence-corrected chi connectivity index (χ2v) is 6.40. The van der Waals surface area contributed by atoms with Crippen LogP contribution in [0.4, 0.5) is 5.69 Å². The molecule has 0 aliphatic carbocycles. The number of benzene rings is 1. The third-order valence-corrected chi connectivity index (χ3v) is 3.21. The maximum absolute atomic E-state index is 11.6. The number of esters is 1. The summed E-state index contributed by atoms with van der Waals surface area (Å²) in [7, 11) is 0. The van der Waals surface area contributed by atoms with Crippen molar-refractivity contribution >= 4 is 34.5 Å². The van der Waals surface area contributed by atoms with Crippen LogP contribution >= 0.6 is 11.8 Å². The smallest absolute Gasteiger partial charge is 0.316 e. The number of thioether (sulfide) groups is 1. The van der Waals surface area contributed by atoms with E-state index in [1.165, 1.54) is 11.8 Å². The molecule has 0 aliphatic rings. The summed E-state index contributed by atoms with van der Waals surface area (Å²) in [5.41, 5.74) is 7.30. The summed E-state index contributed by atoms with van der Waals surface area (Å²) in [5.74, 6) is 1.15. The number of ether oxygens (including phenoxy) is 1. The summed E-state index contributed by atoms with van der Waals surface area (Å²) in [6, 6.07) is 5.34. The molecule has 0 amide bonds. The molecule has 1 aromatic carbocycles. The van der Waals surface area contributed by atoms with E-state index in [1.54, 1.807) is 12.1 Å². The Labute approximate surface area is 121 Å². The highest BCUT2D eigenvalue weighted by Gasteiger charge is 2.16. The van der Waals surface area contributed by atoms with Gasteiger partial charge < -0.3 is 14.9 Å². The third kappa shape index (κ3) is 4.16. The lowest BCUT2D eigenvalue weighted by Gasteiger charge is -2.19. The summed E-state index contributed by atoms with van der Waals surface area (Å²) in [6.45, 7) is 5.54. The minimum atomic E-state index is -0.452. The molecule has 0 atom stereocenters. The van der Waals surface area contributed by atoms with Gasteiger partial charge in [0, 0.05) is 11.8 Å². The van der Waals surface area contributed by atoms with Crippen molar-refractivity contribution in [1.29, 1.82) is 0 Å². The molecule has 2 N–H and O–H groups in total. The standard InChI is InChI=1S/C14H18N2O3S/c1-14(2,3)19-13(17)8-20-7-12-16-10-5-4-9(15)6-11(10)18-12/h4-6H,7-8,15H2,1-3H3. The summed E-state index contributed by atoms with van der Waals surface area (Å²) < 4.78 is 10.8. The number of nitrogens with zero attached hydrogens (tertiary/aromatic N) is 1. The Hall–Kier alpha value is -1.69. The summed E-state index contributed by atoms with van der Waals surface area (Å²) in [6.07, 6.45) is 0. The van der Waals surface area contributed by atoms with E-state index in [1.807, 2.05) is 26.8 Å². The van der Waals surface area contributed by atoms with Crippen molar-refractivity contribution in [1.82, 2.24) is 4.98 Å². The predicted octanol–water partition coefficient (Wildman–Crippen LogP) is 2.98. The number of carbonyl (C=O) groups excluding carboxylic acids is 1. The first-order chi connectivity index (χ1) is 9.33. The molecular formula is C14H18N2O3S. The van der Waals surface area contributed by atoms with Crippen LogP contribution in [-0.4, -0.2) is 22.3 Å². The van der Waals surface area contributed by atoms with Gasteiger partial charge in [0.1, 0.15) is 11.1 Å². The zero-order valence-electron chi connectivity index (χ0n) is 11.8. The molecule has 6 heteroatoms. The molecule has 108 valence electrons. The van der Waals surface area contributed by atoms with Gasteiger partial charge in [-0.05, 0) is 32.9 Å². The van der Waals surface area contributed by atoms with Crippen LogP contribution in [-0.2, 0) is 15.3 Å². The van der Waals surface area contributed by atoms with Gasteiger partial charge in [-0.3, -0.25) is 4.79 Å². The Kier molecular flexibility index (Phi) is 4.23. The van der Waals surface area contributed by atoms with E-state index < -0.39 is 5.60 Å². The van der Waals surface area contributed by atoms with Gasteiger partial charge in [-0.2, -0.15) is 0 Å². The van der Waals surface area contributed by atoms with E-state index in [2.05, 4.69) is 4.98 Å². The average Bonchev–Trinajstić information content (AvgIpc) is 2.68. The largest absolute Gasteiger partial charge is 0.459 e. The number of oxazole rings is 1. The first-order valence-electron chi connectivity index (χ1n) is 6.28.